The minimum Gasteiger partial charge on any atom is -0.379 e. The van der Waals surface area contributed by atoms with E-state index in [4.69, 9.17) is 16.3 Å². The first-order valence-electron chi connectivity index (χ1n) is 4.80. The molecule has 1 N–H and O–H groups in total. The van der Waals surface area contributed by atoms with Gasteiger partial charge in [0.15, 0.2) is 0 Å². The van der Waals surface area contributed by atoms with Gasteiger partial charge in [-0.25, -0.2) is 5.01 Å². The molecule has 0 saturated carbocycles. The summed E-state index contributed by atoms with van der Waals surface area (Å²) in [4.78, 5) is 0. The summed E-state index contributed by atoms with van der Waals surface area (Å²) >= 11 is 9.47. The third-order valence-corrected chi connectivity index (χ3v) is 3.03. The van der Waals surface area contributed by atoms with Gasteiger partial charge in [-0.2, -0.15) is 0 Å². The Morgan fingerprint density at radius 3 is 2.73 bits per heavy atom. The van der Waals surface area contributed by atoms with Gasteiger partial charge in [0, 0.05) is 17.6 Å². The molecule has 1 heterocycles. The highest BCUT2D eigenvalue weighted by atomic mass is 79.9. The van der Waals surface area contributed by atoms with Gasteiger partial charge < -0.3 is 10.2 Å². The average molecular weight is 292 g/mol. The predicted molar refractivity (Wildman–Crippen MR) is 65.2 cm³/mol. The van der Waals surface area contributed by atoms with Crippen molar-refractivity contribution in [3.8, 4) is 0 Å². The van der Waals surface area contributed by atoms with Gasteiger partial charge in [-0.15, -0.1) is 0 Å². The Balaban J connectivity index is 2.03. The molecular formula is C10H12BrClN2O. The van der Waals surface area contributed by atoms with E-state index in [0.29, 0.717) is 0 Å². The van der Waals surface area contributed by atoms with Gasteiger partial charge in [0.2, 0.25) is 0 Å². The smallest absolute Gasteiger partial charge is 0.0677 e. The van der Waals surface area contributed by atoms with E-state index in [0.717, 1.165) is 41.5 Å². The molecule has 1 aromatic rings. The molecule has 1 aromatic carbocycles. The van der Waals surface area contributed by atoms with Crippen LogP contribution in [0.3, 0.4) is 0 Å². The number of benzene rings is 1. The second-order valence-corrected chi connectivity index (χ2v) is 4.66. The normalized spacial score (nSPS) is 17.7. The van der Waals surface area contributed by atoms with Gasteiger partial charge in [-0.05, 0) is 18.2 Å². The minimum absolute atomic E-state index is 0.718. The standard InChI is InChI=1S/C10H12BrClN2O/c11-8-1-2-10(9(12)7-8)13-14-3-5-15-6-4-14/h1-2,7,13H,3-6H2. The number of hydrogen-bond acceptors (Lipinski definition) is 3. The molecule has 0 bridgehead atoms. The molecule has 0 aliphatic carbocycles. The molecule has 0 spiro atoms. The Hall–Kier alpha value is -0.290. The second-order valence-electron chi connectivity index (χ2n) is 3.34. The summed E-state index contributed by atoms with van der Waals surface area (Å²) < 4.78 is 6.25. The fraction of sp³-hybridized carbons (Fsp3) is 0.400. The molecule has 0 unspecified atom stereocenters. The third-order valence-electron chi connectivity index (χ3n) is 2.22. The zero-order valence-corrected chi connectivity index (χ0v) is 10.5. The highest BCUT2D eigenvalue weighted by molar-refractivity contribution is 9.10. The van der Waals surface area contributed by atoms with Crippen LogP contribution in [0.5, 0.6) is 0 Å². The lowest BCUT2D eigenvalue weighted by atomic mass is 10.3. The maximum absolute atomic E-state index is 6.10. The molecule has 82 valence electrons. The van der Waals surface area contributed by atoms with Crippen molar-refractivity contribution in [1.82, 2.24) is 5.01 Å². The zero-order valence-electron chi connectivity index (χ0n) is 8.17. The first kappa shape index (κ1) is 11.2. The monoisotopic (exact) mass is 290 g/mol. The van der Waals surface area contributed by atoms with Gasteiger partial charge in [-0.1, -0.05) is 27.5 Å². The van der Waals surface area contributed by atoms with E-state index in [1.807, 2.05) is 18.2 Å². The topological polar surface area (TPSA) is 24.5 Å². The van der Waals surface area contributed by atoms with Crippen molar-refractivity contribution in [1.29, 1.82) is 0 Å². The average Bonchev–Trinajstić information content (AvgIpc) is 2.24. The molecule has 1 aliphatic rings. The summed E-state index contributed by atoms with van der Waals surface area (Å²) in [5.74, 6) is 0. The van der Waals surface area contributed by atoms with Crippen LogP contribution in [0.25, 0.3) is 0 Å². The van der Waals surface area contributed by atoms with Crippen LogP contribution in [-0.2, 0) is 4.74 Å². The Morgan fingerprint density at radius 2 is 2.07 bits per heavy atom. The van der Waals surface area contributed by atoms with E-state index in [-0.39, 0.29) is 0 Å². The lowest BCUT2D eigenvalue weighted by Crippen LogP contribution is -2.40. The molecule has 0 atom stereocenters. The van der Waals surface area contributed by atoms with Gasteiger partial charge in [0.05, 0.1) is 23.9 Å². The molecule has 3 nitrogen and oxygen atoms in total. The highest BCUT2D eigenvalue weighted by Crippen LogP contribution is 2.26. The van der Waals surface area contributed by atoms with Crippen molar-refractivity contribution < 1.29 is 4.74 Å². The first-order chi connectivity index (χ1) is 7.25. The lowest BCUT2D eigenvalue weighted by Gasteiger charge is -2.28. The third kappa shape index (κ3) is 3.08. The van der Waals surface area contributed by atoms with E-state index in [1.165, 1.54) is 0 Å². The van der Waals surface area contributed by atoms with E-state index in [9.17, 15) is 0 Å². The van der Waals surface area contributed by atoms with Crippen molar-refractivity contribution in [3.05, 3.63) is 27.7 Å². The summed E-state index contributed by atoms with van der Waals surface area (Å²) in [7, 11) is 0. The molecule has 2 rings (SSSR count). The second kappa shape index (κ2) is 5.16. The maximum atomic E-state index is 6.10. The van der Waals surface area contributed by atoms with Crippen LogP contribution in [0.1, 0.15) is 0 Å². The molecule has 1 aliphatic heterocycles. The number of halogens is 2. The van der Waals surface area contributed by atoms with E-state index in [2.05, 4.69) is 26.4 Å². The molecule has 0 amide bonds. The summed E-state index contributed by atoms with van der Waals surface area (Å²) in [6.45, 7) is 3.29. The zero-order chi connectivity index (χ0) is 10.7. The highest BCUT2D eigenvalue weighted by Gasteiger charge is 2.11. The molecule has 0 radical (unpaired) electrons. The number of morpholine rings is 1. The van der Waals surface area contributed by atoms with E-state index >= 15 is 0 Å². The van der Waals surface area contributed by atoms with E-state index in [1.54, 1.807) is 0 Å². The van der Waals surface area contributed by atoms with Crippen molar-refractivity contribution in [2.24, 2.45) is 0 Å². The van der Waals surface area contributed by atoms with Gasteiger partial charge in [-0.3, -0.25) is 0 Å². The lowest BCUT2D eigenvalue weighted by molar-refractivity contribution is 0.0497. The first-order valence-corrected chi connectivity index (χ1v) is 5.97. The summed E-state index contributed by atoms with van der Waals surface area (Å²) in [5.41, 5.74) is 4.21. The van der Waals surface area contributed by atoms with Gasteiger partial charge >= 0.3 is 0 Å². The van der Waals surface area contributed by atoms with Crippen LogP contribution in [0.15, 0.2) is 22.7 Å². The van der Waals surface area contributed by atoms with Crippen LogP contribution >= 0.6 is 27.5 Å². The fourth-order valence-corrected chi connectivity index (χ4v) is 2.14. The van der Waals surface area contributed by atoms with Crippen LogP contribution < -0.4 is 5.43 Å². The number of anilines is 1. The number of ether oxygens (including phenoxy) is 1. The number of hydrazine groups is 1. The molecule has 1 saturated heterocycles. The van der Waals surface area contributed by atoms with Gasteiger partial charge in [0.25, 0.3) is 0 Å². The van der Waals surface area contributed by atoms with Crippen molar-refractivity contribution in [2.75, 3.05) is 31.7 Å². The quantitative estimate of drug-likeness (QED) is 0.907. The van der Waals surface area contributed by atoms with Crippen LogP contribution in [0, 0.1) is 0 Å². The molecule has 1 fully saturated rings. The SMILES string of the molecule is Clc1cc(Br)ccc1NN1CCOCC1. The molecule has 5 heteroatoms. The summed E-state index contributed by atoms with van der Waals surface area (Å²) in [6.07, 6.45) is 0. The number of rotatable bonds is 2. The van der Waals surface area contributed by atoms with Crippen molar-refractivity contribution in [2.45, 2.75) is 0 Å². The fourth-order valence-electron chi connectivity index (χ4n) is 1.43. The Kier molecular flexibility index (Phi) is 3.86. The number of hydrogen-bond donors (Lipinski definition) is 1. The summed E-state index contributed by atoms with van der Waals surface area (Å²) in [6, 6.07) is 5.81. The minimum atomic E-state index is 0.718. The van der Waals surface area contributed by atoms with E-state index < -0.39 is 0 Å². The Bertz CT molecular complexity index is 342. The van der Waals surface area contributed by atoms with Crippen LogP contribution in [0.2, 0.25) is 5.02 Å². The molecular weight excluding hydrogens is 279 g/mol. The Morgan fingerprint density at radius 1 is 1.33 bits per heavy atom. The number of nitrogens with one attached hydrogen (secondary N) is 1. The van der Waals surface area contributed by atoms with Gasteiger partial charge in [0.1, 0.15) is 0 Å². The van der Waals surface area contributed by atoms with Crippen LogP contribution in [-0.4, -0.2) is 31.3 Å². The number of nitrogens with zero attached hydrogens (tertiary/aromatic N) is 1. The molecule has 0 aromatic heterocycles. The maximum Gasteiger partial charge on any atom is 0.0677 e. The molecule has 15 heavy (non-hydrogen) atoms. The Labute approximate surface area is 102 Å². The van der Waals surface area contributed by atoms with Crippen molar-refractivity contribution in [3.63, 3.8) is 0 Å². The summed E-state index contributed by atoms with van der Waals surface area (Å²) in [5, 5.41) is 2.83. The van der Waals surface area contributed by atoms with Crippen molar-refractivity contribution >= 4 is 33.2 Å². The van der Waals surface area contributed by atoms with Crippen LogP contribution in [0.4, 0.5) is 5.69 Å². The largest absolute Gasteiger partial charge is 0.379 e. The predicted octanol–water partition coefficient (Wildman–Crippen LogP) is 2.76.